The van der Waals surface area contributed by atoms with Gasteiger partial charge < -0.3 is 5.32 Å². The van der Waals surface area contributed by atoms with Gasteiger partial charge in [-0.05, 0) is 24.3 Å². The Morgan fingerprint density at radius 2 is 2.28 bits per heavy atom. The van der Waals surface area contributed by atoms with Crippen molar-refractivity contribution in [1.29, 1.82) is 5.26 Å². The van der Waals surface area contributed by atoms with E-state index in [1.807, 2.05) is 6.07 Å². The highest BCUT2D eigenvalue weighted by Crippen LogP contribution is 2.16. The number of hydrogen-bond donors (Lipinski definition) is 1. The van der Waals surface area contributed by atoms with E-state index in [0.717, 1.165) is 6.07 Å². The smallest absolute Gasteiger partial charge is 0.273 e. The monoisotopic (exact) mass is 244 g/mol. The van der Waals surface area contributed by atoms with E-state index in [9.17, 15) is 9.18 Å². The topological polar surface area (TPSA) is 70.7 Å². The van der Waals surface area contributed by atoms with Crippen LogP contribution in [0.3, 0.4) is 0 Å². The highest BCUT2D eigenvalue weighted by atomic mass is 19.1. The van der Waals surface area contributed by atoms with Gasteiger partial charge in [0.15, 0.2) is 0 Å². The van der Waals surface area contributed by atoms with Crippen LogP contribution in [0, 0.1) is 17.1 Å². The summed E-state index contributed by atoms with van der Waals surface area (Å²) in [6.45, 7) is 0. The zero-order valence-electron chi connectivity index (χ0n) is 9.51. The number of carbonyl (C=O) groups excluding carboxylic acids is 1. The lowest BCUT2D eigenvalue weighted by Gasteiger charge is -2.06. The maximum Gasteiger partial charge on any atom is 0.273 e. The second-order valence-electron chi connectivity index (χ2n) is 3.60. The number of nitrogens with zero attached hydrogens (tertiary/aromatic N) is 3. The standard InChI is InChI=1S/C12H9FN4O/c1-17-11(4-5-15-17)12(18)16-10-3-2-8(7-14)6-9(10)13/h2-6H,1H3,(H,16,18). The molecule has 5 nitrogen and oxygen atoms in total. The lowest BCUT2D eigenvalue weighted by atomic mass is 10.2. The largest absolute Gasteiger partial charge is 0.318 e. The van der Waals surface area contributed by atoms with E-state index in [1.165, 1.54) is 29.1 Å². The number of hydrogen-bond acceptors (Lipinski definition) is 3. The minimum atomic E-state index is -0.649. The Bertz CT molecular complexity index is 642. The molecule has 0 saturated carbocycles. The fraction of sp³-hybridized carbons (Fsp3) is 0.0833. The number of nitriles is 1. The van der Waals surface area contributed by atoms with Crippen molar-refractivity contribution >= 4 is 11.6 Å². The number of rotatable bonds is 2. The molecule has 1 heterocycles. The first-order valence-corrected chi connectivity index (χ1v) is 5.11. The number of carbonyl (C=O) groups is 1. The van der Waals surface area contributed by atoms with Crippen molar-refractivity contribution in [3.63, 3.8) is 0 Å². The summed E-state index contributed by atoms with van der Waals surface area (Å²) in [6.07, 6.45) is 1.48. The molecule has 2 rings (SSSR count). The summed E-state index contributed by atoms with van der Waals surface area (Å²) >= 11 is 0. The quantitative estimate of drug-likeness (QED) is 0.873. The van der Waals surface area contributed by atoms with Gasteiger partial charge in [-0.25, -0.2) is 4.39 Å². The molecule has 2 aromatic rings. The molecule has 1 N–H and O–H groups in total. The molecular weight excluding hydrogens is 235 g/mol. The molecule has 1 amide bonds. The molecule has 1 aromatic carbocycles. The predicted molar refractivity (Wildman–Crippen MR) is 62.3 cm³/mol. The average Bonchev–Trinajstić information content (AvgIpc) is 2.78. The van der Waals surface area contributed by atoms with Gasteiger partial charge >= 0.3 is 0 Å². The van der Waals surface area contributed by atoms with Crippen molar-refractivity contribution in [2.45, 2.75) is 0 Å². The van der Waals surface area contributed by atoms with Crippen LogP contribution < -0.4 is 5.32 Å². The number of aryl methyl sites for hydroxylation is 1. The van der Waals surface area contributed by atoms with E-state index in [4.69, 9.17) is 5.26 Å². The van der Waals surface area contributed by atoms with Gasteiger partial charge in [-0.2, -0.15) is 10.4 Å². The molecule has 6 heteroatoms. The number of benzene rings is 1. The SMILES string of the molecule is Cn1nccc1C(=O)Nc1ccc(C#N)cc1F. The summed E-state index contributed by atoms with van der Waals surface area (Å²) in [5.41, 5.74) is 0.546. The molecule has 0 bridgehead atoms. The van der Waals surface area contributed by atoms with Crippen molar-refractivity contribution in [1.82, 2.24) is 9.78 Å². The molecule has 0 atom stereocenters. The Morgan fingerprint density at radius 3 is 2.83 bits per heavy atom. The van der Waals surface area contributed by atoms with Crippen LogP contribution >= 0.6 is 0 Å². The molecule has 90 valence electrons. The Hall–Kier alpha value is -2.68. The third-order valence-corrected chi connectivity index (χ3v) is 2.40. The normalized spacial score (nSPS) is 9.83. The summed E-state index contributed by atoms with van der Waals surface area (Å²) < 4.78 is 14.9. The van der Waals surface area contributed by atoms with Gasteiger partial charge in [0.1, 0.15) is 11.5 Å². The van der Waals surface area contributed by atoms with Gasteiger partial charge in [0, 0.05) is 13.2 Å². The lowest BCUT2D eigenvalue weighted by Crippen LogP contribution is -2.16. The second-order valence-corrected chi connectivity index (χ2v) is 3.60. The minimum absolute atomic E-state index is 0.0280. The first-order valence-electron chi connectivity index (χ1n) is 5.11. The van der Waals surface area contributed by atoms with Crippen LogP contribution in [0.15, 0.2) is 30.5 Å². The molecule has 18 heavy (non-hydrogen) atoms. The molecule has 0 spiro atoms. The molecule has 0 radical (unpaired) electrons. The fourth-order valence-electron chi connectivity index (χ4n) is 1.47. The Morgan fingerprint density at radius 1 is 1.50 bits per heavy atom. The summed E-state index contributed by atoms with van der Waals surface area (Å²) in [6, 6.07) is 7.19. The number of amides is 1. The van der Waals surface area contributed by atoms with Crippen LogP contribution in [-0.2, 0) is 7.05 Å². The maximum atomic E-state index is 13.6. The van der Waals surface area contributed by atoms with Crippen LogP contribution in [0.1, 0.15) is 16.1 Å². The van der Waals surface area contributed by atoms with E-state index in [2.05, 4.69) is 10.4 Å². The van der Waals surface area contributed by atoms with Crippen molar-refractivity contribution in [3.05, 3.63) is 47.5 Å². The number of halogens is 1. The van der Waals surface area contributed by atoms with Gasteiger partial charge in [-0.3, -0.25) is 9.48 Å². The highest BCUT2D eigenvalue weighted by molar-refractivity contribution is 6.03. The molecule has 0 aliphatic heterocycles. The van der Waals surface area contributed by atoms with E-state index in [1.54, 1.807) is 7.05 Å². The van der Waals surface area contributed by atoms with Gasteiger partial charge in [0.05, 0.1) is 17.3 Å². The molecular formula is C12H9FN4O. The minimum Gasteiger partial charge on any atom is -0.318 e. The van der Waals surface area contributed by atoms with Crippen molar-refractivity contribution in [2.75, 3.05) is 5.32 Å². The lowest BCUT2D eigenvalue weighted by molar-refractivity contribution is 0.101. The second kappa shape index (κ2) is 4.67. The number of nitrogens with one attached hydrogen (secondary N) is 1. The summed E-state index contributed by atoms with van der Waals surface area (Å²) in [5, 5.41) is 14.9. The summed E-state index contributed by atoms with van der Waals surface area (Å²) in [5.74, 6) is -1.11. The van der Waals surface area contributed by atoms with Crippen LogP contribution in [0.5, 0.6) is 0 Å². The number of aromatic nitrogens is 2. The van der Waals surface area contributed by atoms with Crippen LogP contribution in [-0.4, -0.2) is 15.7 Å². The summed E-state index contributed by atoms with van der Waals surface area (Å²) in [4.78, 5) is 11.8. The van der Waals surface area contributed by atoms with Crippen LogP contribution in [0.4, 0.5) is 10.1 Å². The molecule has 0 fully saturated rings. The Balaban J connectivity index is 2.23. The highest BCUT2D eigenvalue weighted by Gasteiger charge is 2.12. The summed E-state index contributed by atoms with van der Waals surface area (Å²) in [7, 11) is 1.62. The number of anilines is 1. The third kappa shape index (κ3) is 2.20. The van der Waals surface area contributed by atoms with Gasteiger partial charge in [0.2, 0.25) is 0 Å². The average molecular weight is 244 g/mol. The molecule has 0 saturated heterocycles. The molecule has 1 aromatic heterocycles. The first-order chi connectivity index (χ1) is 8.61. The first kappa shape index (κ1) is 11.8. The Kier molecular flexibility index (Phi) is 3.06. The van der Waals surface area contributed by atoms with E-state index < -0.39 is 11.7 Å². The van der Waals surface area contributed by atoms with E-state index in [-0.39, 0.29) is 11.3 Å². The van der Waals surface area contributed by atoms with Crippen LogP contribution in [0.25, 0.3) is 0 Å². The third-order valence-electron chi connectivity index (χ3n) is 2.40. The fourth-order valence-corrected chi connectivity index (χ4v) is 1.47. The van der Waals surface area contributed by atoms with Gasteiger partial charge in [-0.15, -0.1) is 0 Å². The molecule has 0 aliphatic rings. The van der Waals surface area contributed by atoms with Crippen molar-refractivity contribution in [3.8, 4) is 6.07 Å². The molecule has 0 aliphatic carbocycles. The predicted octanol–water partition coefficient (Wildman–Crippen LogP) is 1.68. The van der Waals surface area contributed by atoms with E-state index in [0.29, 0.717) is 5.69 Å². The zero-order chi connectivity index (χ0) is 13.1. The maximum absolute atomic E-state index is 13.6. The van der Waals surface area contributed by atoms with Gasteiger partial charge in [0.25, 0.3) is 5.91 Å². The molecule has 0 unspecified atom stereocenters. The van der Waals surface area contributed by atoms with Crippen LogP contribution in [0.2, 0.25) is 0 Å². The van der Waals surface area contributed by atoms with Gasteiger partial charge in [-0.1, -0.05) is 0 Å². The zero-order valence-corrected chi connectivity index (χ0v) is 9.51. The van der Waals surface area contributed by atoms with Crippen molar-refractivity contribution in [2.24, 2.45) is 7.05 Å². The Labute approximate surface area is 102 Å². The van der Waals surface area contributed by atoms with Crippen molar-refractivity contribution < 1.29 is 9.18 Å². The van der Waals surface area contributed by atoms with E-state index >= 15 is 0 Å².